The highest BCUT2D eigenvalue weighted by molar-refractivity contribution is 7.89. The summed E-state index contributed by atoms with van der Waals surface area (Å²) in [6.45, 7) is 3.12. The lowest BCUT2D eigenvalue weighted by atomic mass is 9.99. The number of aliphatic hydroxyl groups excluding tert-OH is 1. The van der Waals surface area contributed by atoms with Crippen molar-refractivity contribution < 1.29 is 41.4 Å². The van der Waals surface area contributed by atoms with E-state index in [9.17, 15) is 31.9 Å². The molecule has 0 saturated heterocycles. The van der Waals surface area contributed by atoms with Gasteiger partial charge < -0.3 is 30.1 Å². The number of likely N-dealkylation sites (N-methyl/N-ethyl adjacent to an activating group) is 1. The van der Waals surface area contributed by atoms with E-state index in [0.717, 1.165) is 22.5 Å². The van der Waals surface area contributed by atoms with E-state index < -0.39 is 57.3 Å². The lowest BCUT2D eigenvalue weighted by molar-refractivity contribution is 0.0389. The normalized spacial score (nSPS) is 17.6. The van der Waals surface area contributed by atoms with Crippen molar-refractivity contribution in [2.24, 2.45) is 5.92 Å². The van der Waals surface area contributed by atoms with E-state index in [0.29, 0.717) is 5.75 Å². The molecular weight excluding hydrogens is 598 g/mol. The van der Waals surface area contributed by atoms with Crippen LogP contribution in [0.4, 0.5) is 25.0 Å². The number of amides is 3. The zero-order valence-electron chi connectivity index (χ0n) is 24.6. The van der Waals surface area contributed by atoms with Crippen LogP contribution in [0.1, 0.15) is 24.2 Å². The van der Waals surface area contributed by atoms with Gasteiger partial charge in [0.1, 0.15) is 23.5 Å². The predicted octanol–water partition coefficient (Wildman–Crippen LogP) is 4.16. The molecule has 0 aromatic heterocycles. The molecule has 4 rings (SSSR count). The smallest absolute Gasteiger partial charge is 0.323 e. The zero-order chi connectivity index (χ0) is 32.2. The van der Waals surface area contributed by atoms with Crippen molar-refractivity contribution in [3.8, 4) is 11.5 Å². The fourth-order valence-electron chi connectivity index (χ4n) is 4.71. The number of carbonyl (C=O) groups excluding carboxylic acids is 2. The van der Waals surface area contributed by atoms with Crippen LogP contribution >= 0.6 is 0 Å². The molecule has 3 atom stereocenters. The number of methoxy groups -OCH3 is 1. The first-order chi connectivity index (χ1) is 20.8. The molecule has 11 nitrogen and oxygen atoms in total. The third-order valence-corrected chi connectivity index (χ3v) is 9.16. The molecule has 3 amide bonds. The number of fused-ring (bicyclic) bond motifs is 1. The molecule has 0 fully saturated rings. The summed E-state index contributed by atoms with van der Waals surface area (Å²) in [4.78, 5) is 28.0. The summed E-state index contributed by atoms with van der Waals surface area (Å²) in [6, 6.07) is 11.4. The van der Waals surface area contributed by atoms with Crippen molar-refractivity contribution in [1.29, 1.82) is 0 Å². The van der Waals surface area contributed by atoms with Crippen LogP contribution in [0.25, 0.3) is 0 Å². The Kier molecular flexibility index (Phi) is 10.1. The number of hydrogen-bond acceptors (Lipinski definition) is 7. The highest BCUT2D eigenvalue weighted by atomic mass is 32.2. The maximum Gasteiger partial charge on any atom is 0.323 e. The average Bonchev–Trinajstić information content (AvgIpc) is 3.00. The van der Waals surface area contributed by atoms with E-state index in [1.807, 2.05) is 0 Å². The number of hydrogen-bond donors (Lipinski definition) is 3. The summed E-state index contributed by atoms with van der Waals surface area (Å²) in [5, 5.41) is 14.6. The van der Waals surface area contributed by atoms with E-state index in [2.05, 4.69) is 10.6 Å². The summed E-state index contributed by atoms with van der Waals surface area (Å²) < 4.78 is 67.2. The topological polar surface area (TPSA) is 138 Å². The molecule has 1 aliphatic rings. The molecule has 14 heteroatoms. The molecule has 0 radical (unpaired) electrons. The van der Waals surface area contributed by atoms with Gasteiger partial charge in [-0.25, -0.2) is 22.0 Å². The van der Waals surface area contributed by atoms with Crippen LogP contribution in [0.15, 0.2) is 65.6 Å². The lowest BCUT2D eigenvalue weighted by Crippen LogP contribution is -2.50. The Morgan fingerprint density at radius 2 is 1.82 bits per heavy atom. The van der Waals surface area contributed by atoms with Crippen LogP contribution in [0.3, 0.4) is 0 Å². The summed E-state index contributed by atoms with van der Waals surface area (Å²) in [6.07, 6.45) is -0.833. The summed E-state index contributed by atoms with van der Waals surface area (Å²) >= 11 is 0. The third-order valence-electron chi connectivity index (χ3n) is 7.32. The van der Waals surface area contributed by atoms with Crippen molar-refractivity contribution in [2.75, 3.05) is 44.5 Å². The van der Waals surface area contributed by atoms with Crippen LogP contribution in [-0.4, -0.2) is 80.7 Å². The van der Waals surface area contributed by atoms with Gasteiger partial charge in [-0.15, -0.1) is 0 Å². The number of ether oxygens (including phenoxy) is 2. The monoisotopic (exact) mass is 632 g/mol. The standard InChI is InChI=1S/C30H34F2N4O7S/c1-18-15-36(19(2)17-37)29(38)23-6-5-7-25(33-30(39)34-26-14-20(31)8-13-24(26)32)28(23)43-27(18)16-35(3)44(40,41)22-11-9-21(42-4)10-12-22/h5-14,18-19,27,37H,15-17H2,1-4H3,(H2,33,34,39). The van der Waals surface area contributed by atoms with Gasteiger partial charge in [-0.1, -0.05) is 13.0 Å². The van der Waals surface area contributed by atoms with Gasteiger partial charge in [0.2, 0.25) is 10.0 Å². The quantitative estimate of drug-likeness (QED) is 0.322. The van der Waals surface area contributed by atoms with Crippen molar-refractivity contribution >= 4 is 33.3 Å². The van der Waals surface area contributed by atoms with E-state index in [4.69, 9.17) is 9.47 Å². The lowest BCUT2D eigenvalue weighted by Gasteiger charge is -2.38. The largest absolute Gasteiger partial charge is 0.497 e. The number of anilines is 2. The second-order valence-electron chi connectivity index (χ2n) is 10.5. The number of benzene rings is 3. The van der Waals surface area contributed by atoms with Crippen LogP contribution in [-0.2, 0) is 10.0 Å². The van der Waals surface area contributed by atoms with Gasteiger partial charge in [-0.05, 0) is 55.5 Å². The van der Waals surface area contributed by atoms with Crippen molar-refractivity contribution in [1.82, 2.24) is 9.21 Å². The van der Waals surface area contributed by atoms with Crippen LogP contribution in [0.2, 0.25) is 0 Å². The first-order valence-electron chi connectivity index (χ1n) is 13.7. The second-order valence-corrected chi connectivity index (χ2v) is 12.5. The highest BCUT2D eigenvalue weighted by Crippen LogP contribution is 2.35. The first kappa shape index (κ1) is 32.6. The number of sulfonamides is 1. The summed E-state index contributed by atoms with van der Waals surface area (Å²) in [7, 11) is -1.10. The fraction of sp³-hybridized carbons (Fsp3) is 0.333. The molecule has 0 spiro atoms. The number of halogens is 2. The predicted molar refractivity (Wildman–Crippen MR) is 159 cm³/mol. The Bertz CT molecular complexity index is 1620. The van der Waals surface area contributed by atoms with Gasteiger partial charge in [-0.3, -0.25) is 4.79 Å². The number of nitrogens with one attached hydrogen (secondary N) is 2. The van der Waals surface area contributed by atoms with Crippen LogP contribution in [0.5, 0.6) is 11.5 Å². The maximum absolute atomic E-state index is 14.2. The number of aliphatic hydroxyl groups is 1. The Morgan fingerprint density at radius 3 is 2.48 bits per heavy atom. The summed E-state index contributed by atoms with van der Waals surface area (Å²) in [5.41, 5.74) is -0.322. The maximum atomic E-state index is 14.2. The molecule has 1 aliphatic heterocycles. The van der Waals surface area contributed by atoms with E-state index >= 15 is 0 Å². The minimum atomic E-state index is -3.97. The third kappa shape index (κ3) is 7.09. The molecule has 1 heterocycles. The molecule has 3 aromatic rings. The van der Waals surface area contributed by atoms with E-state index in [1.165, 1.54) is 61.5 Å². The first-order valence-corrected chi connectivity index (χ1v) is 15.1. The van der Waals surface area contributed by atoms with Gasteiger partial charge in [0, 0.05) is 25.6 Å². The summed E-state index contributed by atoms with van der Waals surface area (Å²) in [5.74, 6) is -2.10. The SMILES string of the molecule is COc1ccc(S(=O)(=O)N(C)CC2Oc3c(NC(=O)Nc4cc(F)ccc4F)cccc3C(=O)N(C(C)CO)CC2C)cc1. The van der Waals surface area contributed by atoms with E-state index in [-0.39, 0.29) is 41.6 Å². The van der Waals surface area contributed by atoms with Gasteiger partial charge in [0.25, 0.3) is 5.91 Å². The Hall–Kier alpha value is -4.27. The van der Waals surface area contributed by atoms with Crippen molar-refractivity contribution in [2.45, 2.75) is 30.9 Å². The fourth-order valence-corrected chi connectivity index (χ4v) is 5.89. The van der Waals surface area contributed by atoms with Crippen LogP contribution < -0.4 is 20.1 Å². The number of carbonyl (C=O) groups is 2. The molecule has 0 saturated carbocycles. The van der Waals surface area contributed by atoms with Crippen LogP contribution in [0, 0.1) is 17.6 Å². The van der Waals surface area contributed by atoms with E-state index in [1.54, 1.807) is 13.8 Å². The average molecular weight is 633 g/mol. The molecule has 44 heavy (non-hydrogen) atoms. The van der Waals surface area contributed by atoms with Gasteiger partial charge in [0.15, 0.2) is 5.75 Å². The minimum absolute atomic E-state index is 0.0292. The van der Waals surface area contributed by atoms with Gasteiger partial charge in [-0.2, -0.15) is 4.31 Å². The Balaban J connectivity index is 1.68. The molecule has 0 aliphatic carbocycles. The molecule has 3 aromatic carbocycles. The van der Waals surface area contributed by atoms with Crippen molar-refractivity contribution in [3.63, 3.8) is 0 Å². The zero-order valence-corrected chi connectivity index (χ0v) is 25.4. The number of para-hydroxylation sites is 1. The highest BCUT2D eigenvalue weighted by Gasteiger charge is 2.36. The Morgan fingerprint density at radius 1 is 1.14 bits per heavy atom. The molecular formula is C30H34F2N4O7S. The molecule has 3 N–H and O–H groups in total. The number of nitrogens with zero attached hydrogens (tertiary/aromatic N) is 2. The van der Waals surface area contributed by atoms with Gasteiger partial charge >= 0.3 is 6.03 Å². The second kappa shape index (κ2) is 13.6. The molecule has 0 bridgehead atoms. The van der Waals surface area contributed by atoms with Crippen molar-refractivity contribution in [3.05, 3.63) is 77.9 Å². The molecule has 3 unspecified atom stereocenters. The molecule has 236 valence electrons. The minimum Gasteiger partial charge on any atom is -0.497 e. The van der Waals surface area contributed by atoms with Gasteiger partial charge in [0.05, 0.1) is 48.1 Å². The number of urea groups is 1. The number of rotatable bonds is 9. The Labute approximate surface area is 254 Å².